The summed E-state index contributed by atoms with van der Waals surface area (Å²) in [7, 11) is 0. The molecule has 2 heterocycles. The minimum Gasteiger partial charge on any atom is -0.299 e. The maximum absolute atomic E-state index is 13.0. The Morgan fingerprint density at radius 3 is 2.50 bits per heavy atom. The summed E-state index contributed by atoms with van der Waals surface area (Å²) in [5, 5.41) is 11.5. The van der Waals surface area contributed by atoms with Gasteiger partial charge in [-0.05, 0) is 47.4 Å². The quantitative estimate of drug-likeness (QED) is 0.456. The SMILES string of the molecule is CCn1cc(C2CCCCC2)n(Cc2ccc(-c3ccccc3-n3cnnn3)cc2)c1=O. The number of imidazole rings is 1. The summed E-state index contributed by atoms with van der Waals surface area (Å²) in [5.74, 6) is 0.492. The van der Waals surface area contributed by atoms with Crippen LogP contribution in [0.25, 0.3) is 16.8 Å². The Hall–Kier alpha value is -3.48. The summed E-state index contributed by atoms with van der Waals surface area (Å²) >= 11 is 0. The number of aryl methyl sites for hydroxylation is 1. The van der Waals surface area contributed by atoms with Gasteiger partial charge >= 0.3 is 5.69 Å². The van der Waals surface area contributed by atoms with Crippen LogP contribution < -0.4 is 5.69 Å². The standard InChI is InChI=1S/C25H28N6O/c1-2-29-17-24(21-8-4-3-5-9-21)30(25(29)32)16-19-12-14-20(15-13-19)22-10-6-7-11-23(22)31-18-26-27-28-31/h6-7,10-15,17-18,21H,2-5,8-9,16H2,1H3. The van der Waals surface area contributed by atoms with Gasteiger partial charge in [-0.3, -0.25) is 9.13 Å². The summed E-state index contributed by atoms with van der Waals surface area (Å²) in [4.78, 5) is 13.0. The van der Waals surface area contributed by atoms with Crippen molar-refractivity contribution in [2.75, 3.05) is 0 Å². The van der Waals surface area contributed by atoms with Crippen LogP contribution in [0.5, 0.6) is 0 Å². The van der Waals surface area contributed by atoms with Gasteiger partial charge in [-0.2, -0.15) is 4.68 Å². The number of hydrogen-bond donors (Lipinski definition) is 0. The van der Waals surface area contributed by atoms with Crippen molar-refractivity contribution in [3.8, 4) is 16.8 Å². The summed E-state index contributed by atoms with van der Waals surface area (Å²) in [6.07, 6.45) is 9.87. The normalized spacial score (nSPS) is 14.7. The van der Waals surface area contributed by atoms with Gasteiger partial charge < -0.3 is 0 Å². The number of aromatic nitrogens is 6. The van der Waals surface area contributed by atoms with Crippen molar-refractivity contribution >= 4 is 0 Å². The highest BCUT2D eigenvalue weighted by molar-refractivity contribution is 5.72. The predicted octanol–water partition coefficient (Wildman–Crippen LogP) is 4.41. The second kappa shape index (κ2) is 8.94. The third kappa shape index (κ3) is 3.90. The van der Waals surface area contributed by atoms with E-state index in [1.807, 2.05) is 34.3 Å². The van der Waals surface area contributed by atoms with Crippen LogP contribution >= 0.6 is 0 Å². The molecule has 164 valence electrons. The fourth-order valence-electron chi connectivity index (χ4n) is 4.82. The molecule has 0 aliphatic heterocycles. The van der Waals surface area contributed by atoms with Crippen molar-refractivity contribution in [1.29, 1.82) is 0 Å². The van der Waals surface area contributed by atoms with Gasteiger partial charge in [-0.15, -0.1) is 5.10 Å². The first kappa shape index (κ1) is 20.4. The zero-order valence-electron chi connectivity index (χ0n) is 18.4. The van der Waals surface area contributed by atoms with Crippen LogP contribution in [-0.2, 0) is 13.1 Å². The maximum Gasteiger partial charge on any atom is 0.328 e. The highest BCUT2D eigenvalue weighted by Crippen LogP contribution is 2.32. The van der Waals surface area contributed by atoms with E-state index in [9.17, 15) is 4.79 Å². The molecule has 2 aromatic heterocycles. The molecule has 0 spiro atoms. The molecule has 7 nitrogen and oxygen atoms in total. The lowest BCUT2D eigenvalue weighted by Gasteiger charge is -2.22. The molecular formula is C25H28N6O. The summed E-state index contributed by atoms with van der Waals surface area (Å²) < 4.78 is 5.51. The maximum atomic E-state index is 13.0. The van der Waals surface area contributed by atoms with E-state index in [1.54, 1.807) is 11.0 Å². The van der Waals surface area contributed by atoms with E-state index in [0.29, 0.717) is 19.0 Å². The molecule has 0 atom stereocenters. The number of tetrazole rings is 1. The Morgan fingerprint density at radius 2 is 1.78 bits per heavy atom. The average Bonchev–Trinajstić information content (AvgIpc) is 3.49. The van der Waals surface area contributed by atoms with Crippen molar-refractivity contribution in [3.05, 3.63) is 82.8 Å². The van der Waals surface area contributed by atoms with Crippen molar-refractivity contribution in [3.63, 3.8) is 0 Å². The van der Waals surface area contributed by atoms with Crippen LogP contribution in [0.15, 0.2) is 65.8 Å². The summed E-state index contributed by atoms with van der Waals surface area (Å²) in [6, 6.07) is 16.5. The van der Waals surface area contributed by atoms with Crippen LogP contribution in [0.3, 0.4) is 0 Å². The molecule has 5 rings (SSSR count). The summed E-state index contributed by atoms with van der Waals surface area (Å²) in [5.41, 5.74) is 5.50. The lowest BCUT2D eigenvalue weighted by molar-refractivity contribution is 0.425. The third-order valence-corrected chi connectivity index (χ3v) is 6.55. The minimum absolute atomic E-state index is 0.0983. The highest BCUT2D eigenvalue weighted by Gasteiger charge is 2.22. The smallest absolute Gasteiger partial charge is 0.299 e. The third-order valence-electron chi connectivity index (χ3n) is 6.55. The van der Waals surface area contributed by atoms with E-state index in [0.717, 1.165) is 22.4 Å². The van der Waals surface area contributed by atoms with Crippen LogP contribution in [0.1, 0.15) is 56.2 Å². The Labute approximate surface area is 187 Å². The molecule has 0 N–H and O–H groups in total. The number of hydrogen-bond acceptors (Lipinski definition) is 4. The van der Waals surface area contributed by atoms with Crippen molar-refractivity contribution in [2.24, 2.45) is 0 Å². The topological polar surface area (TPSA) is 70.5 Å². The van der Waals surface area contributed by atoms with Crippen LogP contribution in [0.4, 0.5) is 0 Å². The molecule has 0 radical (unpaired) electrons. The molecule has 1 aliphatic carbocycles. The monoisotopic (exact) mass is 428 g/mol. The predicted molar refractivity (Wildman–Crippen MR) is 124 cm³/mol. The fraction of sp³-hybridized carbons (Fsp3) is 0.360. The zero-order chi connectivity index (χ0) is 21.9. The molecule has 1 fully saturated rings. The van der Waals surface area contributed by atoms with Crippen molar-refractivity contribution in [2.45, 2.75) is 58.0 Å². The number of nitrogens with zero attached hydrogens (tertiary/aromatic N) is 6. The van der Waals surface area contributed by atoms with E-state index < -0.39 is 0 Å². The Kier molecular flexibility index (Phi) is 5.71. The Morgan fingerprint density at radius 1 is 1.00 bits per heavy atom. The highest BCUT2D eigenvalue weighted by atomic mass is 16.1. The fourth-order valence-corrected chi connectivity index (χ4v) is 4.82. The van der Waals surface area contributed by atoms with E-state index in [-0.39, 0.29) is 5.69 Å². The van der Waals surface area contributed by atoms with Gasteiger partial charge in [-0.1, -0.05) is 61.7 Å². The summed E-state index contributed by atoms with van der Waals surface area (Å²) in [6.45, 7) is 3.35. The molecule has 0 saturated heterocycles. The molecule has 4 aromatic rings. The number of para-hydroxylation sites is 1. The largest absolute Gasteiger partial charge is 0.328 e. The van der Waals surface area contributed by atoms with Gasteiger partial charge in [0.2, 0.25) is 0 Å². The van der Waals surface area contributed by atoms with Crippen LogP contribution in [0.2, 0.25) is 0 Å². The lowest BCUT2D eigenvalue weighted by Crippen LogP contribution is -2.26. The number of benzene rings is 2. The molecule has 7 heteroatoms. The minimum atomic E-state index is 0.0983. The average molecular weight is 429 g/mol. The second-order valence-electron chi connectivity index (χ2n) is 8.51. The van der Waals surface area contributed by atoms with E-state index in [1.165, 1.54) is 37.8 Å². The first-order valence-electron chi connectivity index (χ1n) is 11.5. The lowest BCUT2D eigenvalue weighted by atomic mass is 9.87. The van der Waals surface area contributed by atoms with Crippen molar-refractivity contribution < 1.29 is 0 Å². The molecular weight excluding hydrogens is 400 g/mol. The molecule has 32 heavy (non-hydrogen) atoms. The second-order valence-corrected chi connectivity index (χ2v) is 8.51. The molecule has 1 saturated carbocycles. The molecule has 2 aromatic carbocycles. The Bertz CT molecular complexity index is 1230. The van der Waals surface area contributed by atoms with E-state index in [4.69, 9.17) is 0 Å². The van der Waals surface area contributed by atoms with E-state index >= 15 is 0 Å². The van der Waals surface area contributed by atoms with Crippen LogP contribution in [-0.4, -0.2) is 29.3 Å². The van der Waals surface area contributed by atoms with Gasteiger partial charge in [-0.25, -0.2) is 4.79 Å². The molecule has 0 unspecified atom stereocenters. The zero-order valence-corrected chi connectivity index (χ0v) is 18.4. The Balaban J connectivity index is 1.44. The van der Waals surface area contributed by atoms with Gasteiger partial charge in [0.15, 0.2) is 0 Å². The van der Waals surface area contributed by atoms with Gasteiger partial charge in [0.05, 0.1) is 12.2 Å². The van der Waals surface area contributed by atoms with Gasteiger partial charge in [0.25, 0.3) is 0 Å². The van der Waals surface area contributed by atoms with Gasteiger partial charge in [0.1, 0.15) is 6.33 Å². The number of rotatable bonds is 6. The first-order chi connectivity index (χ1) is 15.7. The van der Waals surface area contributed by atoms with Crippen LogP contribution in [0, 0.1) is 0 Å². The first-order valence-corrected chi connectivity index (χ1v) is 11.5. The molecule has 0 bridgehead atoms. The van der Waals surface area contributed by atoms with Gasteiger partial charge in [0, 0.05) is 29.9 Å². The molecule has 1 aliphatic rings. The van der Waals surface area contributed by atoms with Crippen molar-refractivity contribution in [1.82, 2.24) is 29.3 Å². The van der Waals surface area contributed by atoms with E-state index in [2.05, 4.69) is 52.1 Å². The molecule has 0 amide bonds.